The lowest BCUT2D eigenvalue weighted by atomic mass is 10.1. The summed E-state index contributed by atoms with van der Waals surface area (Å²) in [6.07, 6.45) is 2.09. The molecule has 2 aromatic carbocycles. The molecule has 7 nitrogen and oxygen atoms in total. The highest BCUT2D eigenvalue weighted by Gasteiger charge is 2.14. The number of nitrogens with zero attached hydrogens (tertiary/aromatic N) is 5. The lowest BCUT2D eigenvalue weighted by molar-refractivity contribution is 0.145. The van der Waals surface area contributed by atoms with Crippen LogP contribution >= 0.6 is 0 Å². The van der Waals surface area contributed by atoms with Crippen molar-refractivity contribution < 1.29 is 9.47 Å². The molecule has 7 heteroatoms. The first-order chi connectivity index (χ1) is 17.6. The molecule has 0 aliphatic carbocycles. The van der Waals surface area contributed by atoms with Crippen molar-refractivity contribution >= 4 is 21.8 Å². The molecule has 0 amide bonds. The van der Waals surface area contributed by atoms with Gasteiger partial charge in [-0.25, -0.2) is 4.98 Å². The molecule has 2 fully saturated rings. The molecule has 0 unspecified atom stereocenters. The molecule has 36 heavy (non-hydrogen) atoms. The van der Waals surface area contributed by atoms with E-state index in [1.54, 1.807) is 0 Å². The Bertz CT molecular complexity index is 1040. The Morgan fingerprint density at radius 3 is 1.50 bits per heavy atom. The van der Waals surface area contributed by atoms with Gasteiger partial charge in [-0.2, -0.15) is 0 Å². The van der Waals surface area contributed by atoms with Gasteiger partial charge in [-0.15, -0.1) is 0 Å². The first-order valence-electron chi connectivity index (χ1n) is 13.5. The maximum Gasteiger partial charge on any atom is 0.121 e. The number of fused-ring (bicyclic) bond motifs is 2. The van der Waals surface area contributed by atoms with Crippen molar-refractivity contribution in [2.75, 3.05) is 92.8 Å². The fourth-order valence-corrected chi connectivity index (χ4v) is 5.06. The quantitative estimate of drug-likeness (QED) is 0.318. The molecule has 2 aliphatic heterocycles. The van der Waals surface area contributed by atoms with Gasteiger partial charge in [-0.05, 0) is 57.3 Å². The zero-order valence-electron chi connectivity index (χ0n) is 22.0. The molecular weight excluding hydrogens is 450 g/mol. The van der Waals surface area contributed by atoms with Crippen molar-refractivity contribution in [2.24, 2.45) is 0 Å². The third-order valence-corrected chi connectivity index (χ3v) is 7.52. The molecule has 0 atom stereocenters. The van der Waals surface area contributed by atoms with Gasteiger partial charge in [0.15, 0.2) is 0 Å². The number of piperazine rings is 2. The minimum absolute atomic E-state index is 0.734. The van der Waals surface area contributed by atoms with Crippen LogP contribution in [-0.2, 0) is 0 Å². The molecule has 0 spiro atoms. The molecule has 2 saturated heterocycles. The number of benzene rings is 2. The second-order valence-electron chi connectivity index (χ2n) is 10.4. The molecule has 0 saturated carbocycles. The topological polar surface area (TPSA) is 44.3 Å². The Labute approximate surface area is 215 Å². The number of aromatic nitrogens is 1. The largest absolute Gasteiger partial charge is 0.493 e. The standard InChI is InChI=1S/C29H41N5O2/c1-31-11-15-33(16-12-31)9-3-19-35-26-7-5-24-21-25-6-8-27(23-29(25)30-28(24)22-26)36-20-4-10-34-17-13-32(2)14-18-34/h5-8,21-23H,3-4,9-20H2,1-2H3. The van der Waals surface area contributed by atoms with Crippen LogP contribution < -0.4 is 9.47 Å². The lowest BCUT2D eigenvalue weighted by Gasteiger charge is -2.32. The summed E-state index contributed by atoms with van der Waals surface area (Å²) in [5.41, 5.74) is 1.93. The maximum atomic E-state index is 6.08. The molecule has 2 aliphatic rings. The Morgan fingerprint density at radius 1 is 0.611 bits per heavy atom. The predicted molar refractivity (Wildman–Crippen MR) is 147 cm³/mol. The van der Waals surface area contributed by atoms with Gasteiger partial charge >= 0.3 is 0 Å². The molecule has 194 valence electrons. The van der Waals surface area contributed by atoms with Crippen LogP contribution in [0.5, 0.6) is 11.5 Å². The zero-order chi connectivity index (χ0) is 24.7. The highest BCUT2D eigenvalue weighted by molar-refractivity contribution is 5.93. The molecule has 3 heterocycles. The number of hydrogen-bond donors (Lipinski definition) is 0. The van der Waals surface area contributed by atoms with Crippen molar-refractivity contribution in [3.63, 3.8) is 0 Å². The van der Waals surface area contributed by atoms with Crippen molar-refractivity contribution in [2.45, 2.75) is 12.8 Å². The van der Waals surface area contributed by atoms with Crippen LogP contribution in [0.2, 0.25) is 0 Å². The van der Waals surface area contributed by atoms with Gasteiger partial charge in [0.05, 0.1) is 24.2 Å². The number of pyridine rings is 1. The summed E-state index contributed by atoms with van der Waals surface area (Å²) in [6.45, 7) is 12.9. The summed E-state index contributed by atoms with van der Waals surface area (Å²) < 4.78 is 12.2. The van der Waals surface area contributed by atoms with Crippen molar-refractivity contribution in [1.82, 2.24) is 24.6 Å². The normalized spacial score (nSPS) is 18.7. The van der Waals surface area contributed by atoms with E-state index in [9.17, 15) is 0 Å². The highest BCUT2D eigenvalue weighted by Crippen LogP contribution is 2.26. The molecule has 0 bridgehead atoms. The van der Waals surface area contributed by atoms with Gasteiger partial charge < -0.3 is 29.1 Å². The molecule has 1 aromatic heterocycles. The number of likely N-dealkylation sites (N-methyl/N-ethyl adjacent to an activating group) is 2. The molecular formula is C29H41N5O2. The number of ether oxygens (including phenoxy) is 2. The number of rotatable bonds is 10. The van der Waals surface area contributed by atoms with E-state index in [1.807, 2.05) is 0 Å². The van der Waals surface area contributed by atoms with E-state index in [0.29, 0.717) is 0 Å². The van der Waals surface area contributed by atoms with Gasteiger partial charge in [0.25, 0.3) is 0 Å². The van der Waals surface area contributed by atoms with E-state index in [0.717, 1.165) is 125 Å². The van der Waals surface area contributed by atoms with Crippen LogP contribution in [0.4, 0.5) is 0 Å². The summed E-state index contributed by atoms with van der Waals surface area (Å²) >= 11 is 0. The van der Waals surface area contributed by atoms with Gasteiger partial charge in [-0.3, -0.25) is 0 Å². The van der Waals surface area contributed by atoms with Crippen LogP contribution in [0.15, 0.2) is 42.5 Å². The minimum atomic E-state index is 0.734. The molecule has 3 aromatic rings. The summed E-state index contributed by atoms with van der Waals surface area (Å²) in [6, 6.07) is 14.7. The third kappa shape index (κ3) is 6.85. The van der Waals surface area contributed by atoms with Crippen LogP contribution in [0.25, 0.3) is 21.8 Å². The average Bonchev–Trinajstić information content (AvgIpc) is 2.90. The summed E-state index contributed by atoms with van der Waals surface area (Å²) in [7, 11) is 4.39. The summed E-state index contributed by atoms with van der Waals surface area (Å²) in [4.78, 5) is 14.8. The second-order valence-corrected chi connectivity index (χ2v) is 10.4. The maximum absolute atomic E-state index is 6.08. The SMILES string of the molecule is CN1CCN(CCCOc2ccc3cc4ccc(OCCCN5CCN(C)CC5)cc4nc3c2)CC1. The van der Waals surface area contributed by atoms with Crippen LogP contribution in [-0.4, -0.2) is 117 Å². The molecule has 0 radical (unpaired) electrons. The highest BCUT2D eigenvalue weighted by atomic mass is 16.5. The first kappa shape index (κ1) is 25.2. The fraction of sp³-hybridized carbons (Fsp3) is 0.552. The van der Waals surface area contributed by atoms with Gasteiger partial charge in [-0.1, -0.05) is 0 Å². The lowest BCUT2D eigenvalue weighted by Crippen LogP contribution is -2.44. The van der Waals surface area contributed by atoms with E-state index < -0.39 is 0 Å². The summed E-state index contributed by atoms with van der Waals surface area (Å²) in [5.74, 6) is 1.79. The first-order valence-corrected chi connectivity index (χ1v) is 13.5. The second kappa shape index (κ2) is 12.2. The molecule has 5 rings (SSSR count). The van der Waals surface area contributed by atoms with E-state index in [-0.39, 0.29) is 0 Å². The zero-order valence-corrected chi connectivity index (χ0v) is 22.0. The summed E-state index contributed by atoms with van der Waals surface area (Å²) in [5, 5.41) is 2.27. The van der Waals surface area contributed by atoms with Crippen molar-refractivity contribution in [3.8, 4) is 11.5 Å². The van der Waals surface area contributed by atoms with Crippen LogP contribution in [0, 0.1) is 0 Å². The van der Waals surface area contributed by atoms with Gasteiger partial charge in [0.1, 0.15) is 11.5 Å². The van der Waals surface area contributed by atoms with Gasteiger partial charge in [0.2, 0.25) is 0 Å². The van der Waals surface area contributed by atoms with E-state index in [4.69, 9.17) is 14.5 Å². The van der Waals surface area contributed by atoms with Gasteiger partial charge in [0, 0.05) is 88.4 Å². The molecule has 0 N–H and O–H groups in total. The van der Waals surface area contributed by atoms with Crippen LogP contribution in [0.1, 0.15) is 12.8 Å². The van der Waals surface area contributed by atoms with E-state index in [2.05, 4.69) is 76.2 Å². The minimum Gasteiger partial charge on any atom is -0.493 e. The smallest absolute Gasteiger partial charge is 0.121 e. The Hall–Kier alpha value is -2.45. The van der Waals surface area contributed by atoms with Crippen molar-refractivity contribution in [3.05, 3.63) is 42.5 Å². The fourth-order valence-electron chi connectivity index (χ4n) is 5.06. The third-order valence-electron chi connectivity index (χ3n) is 7.52. The Balaban J connectivity index is 1.12. The monoisotopic (exact) mass is 491 g/mol. The Morgan fingerprint density at radius 2 is 1.06 bits per heavy atom. The Kier molecular flexibility index (Phi) is 8.54. The predicted octanol–water partition coefficient (Wildman–Crippen LogP) is 3.42. The number of hydrogen-bond acceptors (Lipinski definition) is 7. The van der Waals surface area contributed by atoms with Crippen molar-refractivity contribution in [1.29, 1.82) is 0 Å². The van der Waals surface area contributed by atoms with Crippen LogP contribution in [0.3, 0.4) is 0 Å². The average molecular weight is 492 g/mol. The van der Waals surface area contributed by atoms with E-state index in [1.165, 1.54) is 0 Å². The van der Waals surface area contributed by atoms with E-state index >= 15 is 0 Å².